The number of nitrogens with two attached hydrogens (primary N) is 1. The zero-order valence-electron chi connectivity index (χ0n) is 9.25. The second-order valence-electron chi connectivity index (χ2n) is 3.60. The molecule has 0 bridgehead atoms. The summed E-state index contributed by atoms with van der Waals surface area (Å²) in [6.07, 6.45) is 0. The van der Waals surface area contributed by atoms with Crippen LogP contribution in [0.4, 0.5) is 20.5 Å². The predicted octanol–water partition coefficient (Wildman–Crippen LogP) is 2.76. The number of anilines is 2. The Morgan fingerprint density at radius 3 is 2.67 bits per heavy atom. The number of halogens is 3. The van der Waals surface area contributed by atoms with Gasteiger partial charge in [0.05, 0.1) is 16.8 Å². The Morgan fingerprint density at radius 1 is 1.39 bits per heavy atom. The Bertz CT molecular complexity index is 550. The lowest BCUT2D eigenvalue weighted by Crippen LogP contribution is -2.04. The van der Waals surface area contributed by atoms with Gasteiger partial charge in [0, 0.05) is 6.07 Å². The zero-order valence-corrected chi connectivity index (χ0v) is 10.0. The van der Waals surface area contributed by atoms with Crippen LogP contribution >= 0.6 is 11.6 Å². The molecule has 0 saturated heterocycles. The number of benzene rings is 1. The summed E-state index contributed by atoms with van der Waals surface area (Å²) in [7, 11) is 0. The van der Waals surface area contributed by atoms with Crippen molar-refractivity contribution in [2.75, 3.05) is 5.32 Å². The Labute approximate surface area is 106 Å². The second kappa shape index (κ2) is 4.87. The van der Waals surface area contributed by atoms with Crippen LogP contribution < -0.4 is 11.1 Å². The van der Waals surface area contributed by atoms with Crippen molar-refractivity contribution in [3.05, 3.63) is 34.7 Å². The summed E-state index contributed by atoms with van der Waals surface area (Å²) in [5, 5.41) is 9.60. The molecule has 18 heavy (non-hydrogen) atoms. The first-order valence-electron chi connectivity index (χ1n) is 4.98. The molecule has 0 aliphatic rings. The Morgan fingerprint density at radius 2 is 2.11 bits per heavy atom. The fraction of sp³-hybridized carbons (Fsp3) is 0.200. The van der Waals surface area contributed by atoms with E-state index in [4.69, 9.17) is 21.8 Å². The van der Waals surface area contributed by atoms with Gasteiger partial charge in [-0.2, -0.15) is 0 Å². The third-order valence-electron chi connectivity index (χ3n) is 2.07. The van der Waals surface area contributed by atoms with Crippen molar-refractivity contribution in [3.8, 4) is 0 Å². The maximum atomic E-state index is 13.5. The lowest BCUT2D eigenvalue weighted by molar-refractivity contribution is 0.475. The Kier molecular flexibility index (Phi) is 3.44. The number of nitrogens with zero attached hydrogens (tertiary/aromatic N) is 2. The van der Waals surface area contributed by atoms with E-state index in [1.54, 1.807) is 6.92 Å². The molecule has 5 nitrogen and oxygen atoms in total. The van der Waals surface area contributed by atoms with E-state index in [-0.39, 0.29) is 22.6 Å². The zero-order chi connectivity index (χ0) is 13.3. The topological polar surface area (TPSA) is 77.0 Å². The summed E-state index contributed by atoms with van der Waals surface area (Å²) in [6.45, 7) is 1.66. The average molecular weight is 275 g/mol. The maximum absolute atomic E-state index is 13.5. The first kappa shape index (κ1) is 12.7. The van der Waals surface area contributed by atoms with E-state index in [9.17, 15) is 8.78 Å². The van der Waals surface area contributed by atoms with Crippen LogP contribution in [-0.4, -0.2) is 10.2 Å². The van der Waals surface area contributed by atoms with Crippen molar-refractivity contribution >= 4 is 23.3 Å². The molecule has 2 rings (SSSR count). The molecule has 0 spiro atoms. The van der Waals surface area contributed by atoms with Crippen molar-refractivity contribution in [3.63, 3.8) is 0 Å². The smallest absolute Gasteiger partial charge is 0.320 e. The highest BCUT2D eigenvalue weighted by atomic mass is 35.5. The molecule has 1 aromatic heterocycles. The van der Waals surface area contributed by atoms with E-state index in [1.165, 1.54) is 0 Å². The summed E-state index contributed by atoms with van der Waals surface area (Å²) in [6, 6.07) is 1.14. The Hall–Kier alpha value is -1.73. The molecule has 96 valence electrons. The fourth-order valence-corrected chi connectivity index (χ4v) is 1.48. The number of aromatic nitrogens is 2. The molecule has 0 aliphatic heterocycles. The van der Waals surface area contributed by atoms with Gasteiger partial charge in [0.2, 0.25) is 5.89 Å². The molecule has 1 aromatic carbocycles. The standard InChI is InChI=1S/C10H9ClF2N4O/c1-4(14)9-16-17-10(18-9)15-8-6(11)2-5(12)3-7(8)13/h2-4H,14H2,1H3,(H,15,17). The summed E-state index contributed by atoms with van der Waals surface area (Å²) >= 11 is 5.70. The quantitative estimate of drug-likeness (QED) is 0.900. The highest BCUT2D eigenvalue weighted by molar-refractivity contribution is 6.33. The molecule has 3 N–H and O–H groups in total. The molecule has 0 radical (unpaired) electrons. The van der Waals surface area contributed by atoms with Gasteiger partial charge in [-0.3, -0.25) is 0 Å². The maximum Gasteiger partial charge on any atom is 0.320 e. The molecule has 2 aromatic rings. The molecular formula is C10H9ClF2N4O. The van der Waals surface area contributed by atoms with Crippen LogP contribution in [0.5, 0.6) is 0 Å². The minimum atomic E-state index is -0.861. The third-order valence-corrected chi connectivity index (χ3v) is 2.37. The van der Waals surface area contributed by atoms with Gasteiger partial charge >= 0.3 is 6.01 Å². The van der Waals surface area contributed by atoms with E-state index >= 15 is 0 Å². The summed E-state index contributed by atoms with van der Waals surface area (Å²) in [4.78, 5) is 0. The van der Waals surface area contributed by atoms with Crippen LogP contribution in [0.1, 0.15) is 18.9 Å². The van der Waals surface area contributed by atoms with Crippen molar-refractivity contribution in [2.45, 2.75) is 13.0 Å². The predicted molar refractivity (Wildman–Crippen MR) is 61.6 cm³/mol. The molecule has 8 heteroatoms. The fourth-order valence-electron chi connectivity index (χ4n) is 1.24. The number of rotatable bonds is 3. The van der Waals surface area contributed by atoms with Gasteiger partial charge in [-0.1, -0.05) is 16.7 Å². The van der Waals surface area contributed by atoms with Crippen LogP contribution in [0.3, 0.4) is 0 Å². The second-order valence-corrected chi connectivity index (χ2v) is 4.01. The lowest BCUT2D eigenvalue weighted by Gasteiger charge is -2.05. The van der Waals surface area contributed by atoms with Gasteiger partial charge in [-0.25, -0.2) is 8.78 Å². The van der Waals surface area contributed by atoms with Gasteiger partial charge in [-0.05, 0) is 13.0 Å². The average Bonchev–Trinajstić information content (AvgIpc) is 2.71. The van der Waals surface area contributed by atoms with E-state index in [0.717, 1.165) is 6.07 Å². The first-order valence-corrected chi connectivity index (χ1v) is 5.35. The van der Waals surface area contributed by atoms with Crippen LogP contribution in [0.2, 0.25) is 5.02 Å². The van der Waals surface area contributed by atoms with Gasteiger partial charge in [0.25, 0.3) is 0 Å². The monoisotopic (exact) mass is 274 g/mol. The van der Waals surface area contributed by atoms with E-state index < -0.39 is 17.7 Å². The van der Waals surface area contributed by atoms with Crippen molar-refractivity contribution in [1.29, 1.82) is 0 Å². The minimum absolute atomic E-state index is 0.0743. The highest BCUT2D eigenvalue weighted by Crippen LogP contribution is 2.29. The van der Waals surface area contributed by atoms with Gasteiger partial charge in [0.15, 0.2) is 5.82 Å². The normalized spacial score (nSPS) is 12.5. The van der Waals surface area contributed by atoms with E-state index in [1.807, 2.05) is 0 Å². The minimum Gasteiger partial charge on any atom is -0.406 e. The van der Waals surface area contributed by atoms with Crippen LogP contribution in [0.25, 0.3) is 0 Å². The largest absolute Gasteiger partial charge is 0.406 e. The molecule has 0 aliphatic carbocycles. The van der Waals surface area contributed by atoms with Crippen LogP contribution in [0, 0.1) is 11.6 Å². The van der Waals surface area contributed by atoms with E-state index in [2.05, 4.69) is 15.5 Å². The summed E-state index contributed by atoms with van der Waals surface area (Å²) in [5.74, 6) is -1.44. The first-order chi connectivity index (χ1) is 8.47. The number of hydrogen-bond donors (Lipinski definition) is 2. The lowest BCUT2D eigenvalue weighted by atomic mass is 10.3. The van der Waals surface area contributed by atoms with Crippen molar-refractivity contribution in [2.24, 2.45) is 5.73 Å². The molecule has 0 fully saturated rings. The van der Waals surface area contributed by atoms with E-state index in [0.29, 0.717) is 6.07 Å². The van der Waals surface area contributed by atoms with Crippen LogP contribution in [-0.2, 0) is 0 Å². The number of nitrogens with one attached hydrogen (secondary N) is 1. The van der Waals surface area contributed by atoms with Gasteiger partial charge in [0.1, 0.15) is 5.82 Å². The molecule has 0 amide bonds. The van der Waals surface area contributed by atoms with Crippen molar-refractivity contribution < 1.29 is 13.2 Å². The van der Waals surface area contributed by atoms with Crippen LogP contribution in [0.15, 0.2) is 16.5 Å². The number of hydrogen-bond acceptors (Lipinski definition) is 5. The molecule has 1 atom stereocenters. The van der Waals surface area contributed by atoms with Gasteiger partial charge < -0.3 is 15.5 Å². The SMILES string of the molecule is CC(N)c1nnc(Nc2c(F)cc(F)cc2Cl)o1. The highest BCUT2D eigenvalue weighted by Gasteiger charge is 2.14. The molecular weight excluding hydrogens is 266 g/mol. The molecule has 1 unspecified atom stereocenters. The van der Waals surface area contributed by atoms with Gasteiger partial charge in [-0.15, -0.1) is 5.10 Å². The van der Waals surface area contributed by atoms with Crippen molar-refractivity contribution in [1.82, 2.24) is 10.2 Å². The molecule has 1 heterocycles. The summed E-state index contributed by atoms with van der Waals surface area (Å²) in [5.41, 5.74) is 5.39. The Balaban J connectivity index is 2.28. The summed E-state index contributed by atoms with van der Waals surface area (Å²) < 4.78 is 31.4. The third kappa shape index (κ3) is 2.57. The molecule has 0 saturated carbocycles.